The first kappa shape index (κ1) is 13.9. The van der Waals surface area contributed by atoms with Crippen LogP contribution in [0.3, 0.4) is 0 Å². The van der Waals surface area contributed by atoms with Crippen molar-refractivity contribution in [1.82, 2.24) is 0 Å². The lowest BCUT2D eigenvalue weighted by Crippen LogP contribution is -1.98. The molecule has 20 heavy (non-hydrogen) atoms. The normalized spacial score (nSPS) is 10.2. The van der Waals surface area contributed by atoms with Crippen molar-refractivity contribution in [2.75, 3.05) is 14.2 Å². The van der Waals surface area contributed by atoms with Gasteiger partial charge < -0.3 is 14.6 Å². The molecule has 0 atom stereocenters. The Morgan fingerprint density at radius 1 is 1.05 bits per heavy atom. The third kappa shape index (κ3) is 2.56. The summed E-state index contributed by atoms with van der Waals surface area (Å²) in [6, 6.07) is 8.74. The first-order valence-electron chi connectivity index (χ1n) is 5.82. The number of hydrogen-bond acceptors (Lipinski definition) is 3. The van der Waals surface area contributed by atoms with Gasteiger partial charge in [0, 0.05) is 17.2 Å². The molecule has 2 aromatic carbocycles. The average Bonchev–Trinajstić information content (AvgIpc) is 2.46. The zero-order chi connectivity index (χ0) is 14.7. The minimum Gasteiger partial charge on any atom is -0.497 e. The van der Waals surface area contributed by atoms with Crippen LogP contribution in [0.25, 0.3) is 11.1 Å². The molecule has 0 aliphatic rings. The molecule has 0 saturated carbocycles. The number of carboxylic acid groups (broad SMARTS) is 1. The number of carboxylic acids is 1. The molecule has 104 valence electrons. The van der Waals surface area contributed by atoms with Crippen molar-refractivity contribution in [1.29, 1.82) is 0 Å². The van der Waals surface area contributed by atoms with E-state index in [4.69, 9.17) is 14.6 Å². The standard InChI is InChI=1S/C15H13FO4/c1-19-10-4-6-11(13(16)8-10)12-5-3-9(15(17)18)7-14(12)20-2/h3-8H,1-2H3,(H,17,18). The van der Waals surface area contributed by atoms with Crippen molar-refractivity contribution in [2.45, 2.75) is 0 Å². The quantitative estimate of drug-likeness (QED) is 0.931. The number of ether oxygens (including phenoxy) is 2. The molecule has 0 amide bonds. The summed E-state index contributed by atoms with van der Waals surface area (Å²) >= 11 is 0. The molecule has 0 bridgehead atoms. The van der Waals surface area contributed by atoms with E-state index in [0.717, 1.165) is 0 Å². The van der Waals surface area contributed by atoms with Crippen molar-refractivity contribution < 1.29 is 23.8 Å². The van der Waals surface area contributed by atoms with E-state index < -0.39 is 11.8 Å². The fraction of sp³-hybridized carbons (Fsp3) is 0.133. The first-order valence-corrected chi connectivity index (χ1v) is 5.82. The van der Waals surface area contributed by atoms with E-state index in [1.165, 1.54) is 38.5 Å². The topological polar surface area (TPSA) is 55.8 Å². The smallest absolute Gasteiger partial charge is 0.335 e. The van der Waals surface area contributed by atoms with Gasteiger partial charge >= 0.3 is 5.97 Å². The Bertz CT molecular complexity index is 652. The number of hydrogen-bond donors (Lipinski definition) is 1. The van der Waals surface area contributed by atoms with E-state index in [0.29, 0.717) is 22.6 Å². The predicted molar refractivity (Wildman–Crippen MR) is 71.9 cm³/mol. The molecule has 0 aromatic heterocycles. The molecule has 0 saturated heterocycles. The maximum absolute atomic E-state index is 14.0. The molecule has 0 fully saturated rings. The number of rotatable bonds is 4. The van der Waals surface area contributed by atoms with Crippen molar-refractivity contribution in [2.24, 2.45) is 0 Å². The number of halogens is 1. The van der Waals surface area contributed by atoms with Gasteiger partial charge in [-0.05, 0) is 30.3 Å². The van der Waals surface area contributed by atoms with Crippen LogP contribution in [0.2, 0.25) is 0 Å². The fourth-order valence-corrected chi connectivity index (χ4v) is 1.89. The Morgan fingerprint density at radius 2 is 1.75 bits per heavy atom. The molecular formula is C15H13FO4. The molecule has 0 radical (unpaired) electrons. The van der Waals surface area contributed by atoms with Gasteiger partial charge in [0.2, 0.25) is 0 Å². The van der Waals surface area contributed by atoms with Gasteiger partial charge in [-0.25, -0.2) is 9.18 Å². The molecule has 0 heterocycles. The van der Waals surface area contributed by atoms with E-state index in [9.17, 15) is 9.18 Å². The summed E-state index contributed by atoms with van der Waals surface area (Å²) in [6.07, 6.45) is 0. The Hall–Kier alpha value is -2.56. The zero-order valence-corrected chi connectivity index (χ0v) is 11.0. The highest BCUT2D eigenvalue weighted by Gasteiger charge is 2.14. The molecule has 0 aliphatic carbocycles. The van der Waals surface area contributed by atoms with Crippen LogP contribution in [0.1, 0.15) is 10.4 Å². The largest absolute Gasteiger partial charge is 0.497 e. The van der Waals surface area contributed by atoms with Crippen LogP contribution in [0, 0.1) is 5.82 Å². The van der Waals surface area contributed by atoms with Crippen LogP contribution in [0.15, 0.2) is 36.4 Å². The van der Waals surface area contributed by atoms with Gasteiger partial charge in [-0.3, -0.25) is 0 Å². The monoisotopic (exact) mass is 276 g/mol. The minimum absolute atomic E-state index is 0.0829. The van der Waals surface area contributed by atoms with Gasteiger partial charge in [0.05, 0.1) is 19.8 Å². The van der Waals surface area contributed by atoms with Crippen molar-refractivity contribution in [3.63, 3.8) is 0 Å². The number of methoxy groups -OCH3 is 2. The molecular weight excluding hydrogens is 263 g/mol. The zero-order valence-electron chi connectivity index (χ0n) is 11.0. The van der Waals surface area contributed by atoms with Crippen LogP contribution in [0.4, 0.5) is 4.39 Å². The van der Waals surface area contributed by atoms with Crippen LogP contribution in [-0.2, 0) is 0 Å². The van der Waals surface area contributed by atoms with Gasteiger partial charge in [-0.2, -0.15) is 0 Å². The lowest BCUT2D eigenvalue weighted by molar-refractivity contribution is 0.0696. The van der Waals surface area contributed by atoms with E-state index in [-0.39, 0.29) is 5.56 Å². The minimum atomic E-state index is -1.06. The highest BCUT2D eigenvalue weighted by molar-refractivity contribution is 5.89. The molecule has 0 aliphatic heterocycles. The SMILES string of the molecule is COc1ccc(-c2ccc(C(=O)O)cc2OC)c(F)c1. The van der Waals surface area contributed by atoms with Crippen LogP contribution >= 0.6 is 0 Å². The first-order chi connectivity index (χ1) is 9.56. The number of aromatic carboxylic acids is 1. The third-order valence-electron chi connectivity index (χ3n) is 2.91. The highest BCUT2D eigenvalue weighted by Crippen LogP contribution is 2.34. The molecule has 2 aromatic rings. The van der Waals surface area contributed by atoms with Gasteiger partial charge in [0.1, 0.15) is 17.3 Å². The second-order valence-electron chi connectivity index (χ2n) is 4.07. The maximum Gasteiger partial charge on any atom is 0.335 e. The lowest BCUT2D eigenvalue weighted by atomic mass is 10.0. The second kappa shape index (κ2) is 5.61. The van der Waals surface area contributed by atoms with Crippen LogP contribution in [0.5, 0.6) is 11.5 Å². The lowest BCUT2D eigenvalue weighted by Gasteiger charge is -2.11. The second-order valence-corrected chi connectivity index (χ2v) is 4.07. The summed E-state index contributed by atoms with van der Waals surface area (Å²) in [5.74, 6) is -0.822. The Morgan fingerprint density at radius 3 is 2.30 bits per heavy atom. The van der Waals surface area contributed by atoms with Crippen molar-refractivity contribution >= 4 is 5.97 Å². The molecule has 5 heteroatoms. The molecule has 0 unspecified atom stereocenters. The summed E-state index contributed by atoms with van der Waals surface area (Å²) < 4.78 is 24.1. The number of carbonyl (C=O) groups is 1. The van der Waals surface area contributed by atoms with Crippen LogP contribution < -0.4 is 9.47 Å². The summed E-state index contributed by atoms with van der Waals surface area (Å²) in [7, 11) is 2.86. The Kier molecular flexibility index (Phi) is 3.89. The third-order valence-corrected chi connectivity index (χ3v) is 2.91. The predicted octanol–water partition coefficient (Wildman–Crippen LogP) is 3.21. The molecule has 4 nitrogen and oxygen atoms in total. The Balaban J connectivity index is 2.54. The summed E-state index contributed by atoms with van der Waals surface area (Å²) in [6.45, 7) is 0. The Labute approximate surface area is 115 Å². The number of benzene rings is 2. The van der Waals surface area contributed by atoms with Gasteiger partial charge in [0.25, 0.3) is 0 Å². The van der Waals surface area contributed by atoms with E-state index in [1.807, 2.05) is 0 Å². The average molecular weight is 276 g/mol. The van der Waals surface area contributed by atoms with Crippen molar-refractivity contribution in [3.05, 3.63) is 47.8 Å². The fourth-order valence-electron chi connectivity index (χ4n) is 1.89. The van der Waals surface area contributed by atoms with E-state index in [1.54, 1.807) is 12.1 Å². The molecule has 0 spiro atoms. The summed E-state index contributed by atoms with van der Waals surface area (Å²) in [5.41, 5.74) is 0.886. The van der Waals surface area contributed by atoms with E-state index in [2.05, 4.69) is 0 Å². The van der Waals surface area contributed by atoms with Gasteiger partial charge in [0.15, 0.2) is 0 Å². The molecule has 2 rings (SSSR count). The molecule has 1 N–H and O–H groups in total. The highest BCUT2D eigenvalue weighted by atomic mass is 19.1. The maximum atomic E-state index is 14.0. The van der Waals surface area contributed by atoms with Crippen LogP contribution in [-0.4, -0.2) is 25.3 Å². The van der Waals surface area contributed by atoms with Gasteiger partial charge in [-0.1, -0.05) is 0 Å². The summed E-state index contributed by atoms with van der Waals surface area (Å²) in [4.78, 5) is 10.9. The van der Waals surface area contributed by atoms with E-state index >= 15 is 0 Å². The summed E-state index contributed by atoms with van der Waals surface area (Å²) in [5, 5.41) is 8.94. The van der Waals surface area contributed by atoms with Gasteiger partial charge in [-0.15, -0.1) is 0 Å². The van der Waals surface area contributed by atoms with Crippen molar-refractivity contribution in [3.8, 4) is 22.6 Å².